The van der Waals surface area contributed by atoms with Crippen molar-refractivity contribution in [2.45, 2.75) is 64.1 Å². The van der Waals surface area contributed by atoms with E-state index in [-0.39, 0.29) is 0 Å². The number of alkyl halides is 3. The summed E-state index contributed by atoms with van der Waals surface area (Å²) in [5, 5.41) is 10.4. The number of halogens is 3. The third kappa shape index (κ3) is 4.47. The van der Waals surface area contributed by atoms with Crippen molar-refractivity contribution >= 4 is 0 Å². The van der Waals surface area contributed by atoms with E-state index in [1.165, 1.54) is 31.7 Å². The number of hydrogen-bond acceptors (Lipinski definition) is 1. The highest BCUT2D eigenvalue weighted by Gasteiger charge is 2.31. The molecule has 0 heterocycles. The summed E-state index contributed by atoms with van der Waals surface area (Å²) in [7, 11) is 0. The standard InChI is InChI=1S/C17H23F3O/c1-12-10-14(17(18,19)20)8-9-15(12)16(21)11-13-6-4-2-3-5-7-13/h8-10,13,16,21H,2-7,11H2,1H3. The zero-order valence-corrected chi connectivity index (χ0v) is 12.4. The minimum absolute atomic E-state index is 0.490. The van der Waals surface area contributed by atoms with Crippen LogP contribution in [0.4, 0.5) is 13.2 Å². The number of aliphatic hydroxyl groups is 1. The average molecular weight is 300 g/mol. The van der Waals surface area contributed by atoms with E-state index in [0.29, 0.717) is 23.5 Å². The Bertz CT molecular complexity index is 460. The fraction of sp³-hybridized carbons (Fsp3) is 0.647. The zero-order valence-electron chi connectivity index (χ0n) is 12.4. The number of aryl methyl sites for hydroxylation is 1. The van der Waals surface area contributed by atoms with Gasteiger partial charge in [-0.3, -0.25) is 0 Å². The van der Waals surface area contributed by atoms with E-state index >= 15 is 0 Å². The molecule has 2 rings (SSSR count). The summed E-state index contributed by atoms with van der Waals surface area (Å²) in [6, 6.07) is 3.63. The molecule has 1 nitrogen and oxygen atoms in total. The topological polar surface area (TPSA) is 20.2 Å². The third-order valence-electron chi connectivity index (χ3n) is 4.49. The van der Waals surface area contributed by atoms with Crippen molar-refractivity contribution in [2.75, 3.05) is 0 Å². The lowest BCUT2D eigenvalue weighted by atomic mass is 9.89. The molecule has 1 N–H and O–H groups in total. The van der Waals surface area contributed by atoms with Crippen LogP contribution in [0.2, 0.25) is 0 Å². The van der Waals surface area contributed by atoms with Crippen LogP contribution in [-0.2, 0) is 6.18 Å². The first-order valence-electron chi connectivity index (χ1n) is 7.73. The van der Waals surface area contributed by atoms with Gasteiger partial charge in [0.25, 0.3) is 0 Å². The monoisotopic (exact) mass is 300 g/mol. The molecule has 1 aromatic carbocycles. The summed E-state index contributed by atoms with van der Waals surface area (Å²) in [6.07, 6.45) is 2.83. The van der Waals surface area contributed by atoms with Gasteiger partial charge in [0.2, 0.25) is 0 Å². The van der Waals surface area contributed by atoms with Crippen molar-refractivity contribution in [1.82, 2.24) is 0 Å². The molecule has 1 aromatic rings. The summed E-state index contributed by atoms with van der Waals surface area (Å²) < 4.78 is 38.0. The Balaban J connectivity index is 2.06. The van der Waals surface area contributed by atoms with Crippen LogP contribution in [-0.4, -0.2) is 5.11 Å². The average Bonchev–Trinajstić information content (AvgIpc) is 2.66. The predicted octanol–water partition coefficient (Wildman–Crippen LogP) is 5.41. The van der Waals surface area contributed by atoms with E-state index < -0.39 is 17.8 Å². The normalized spacial score (nSPS) is 19.3. The lowest BCUT2D eigenvalue weighted by Gasteiger charge is -2.21. The first-order valence-corrected chi connectivity index (χ1v) is 7.73. The van der Waals surface area contributed by atoms with E-state index in [9.17, 15) is 18.3 Å². The van der Waals surface area contributed by atoms with Crippen LogP contribution in [0.1, 0.15) is 67.7 Å². The quantitative estimate of drug-likeness (QED) is 0.740. The van der Waals surface area contributed by atoms with Crippen molar-refractivity contribution in [3.8, 4) is 0 Å². The minimum atomic E-state index is -4.32. The van der Waals surface area contributed by atoms with Gasteiger partial charge in [-0.25, -0.2) is 0 Å². The molecule has 1 saturated carbocycles. The number of hydrogen-bond donors (Lipinski definition) is 1. The molecule has 1 aliphatic rings. The maximum absolute atomic E-state index is 12.7. The van der Waals surface area contributed by atoms with Crippen LogP contribution in [0.3, 0.4) is 0 Å². The molecular formula is C17H23F3O. The molecule has 21 heavy (non-hydrogen) atoms. The number of benzene rings is 1. The van der Waals surface area contributed by atoms with Crippen LogP contribution in [0.5, 0.6) is 0 Å². The summed E-state index contributed by atoms with van der Waals surface area (Å²) >= 11 is 0. The van der Waals surface area contributed by atoms with Crippen molar-refractivity contribution < 1.29 is 18.3 Å². The van der Waals surface area contributed by atoms with Crippen LogP contribution in [0.15, 0.2) is 18.2 Å². The molecule has 0 saturated heterocycles. The smallest absolute Gasteiger partial charge is 0.388 e. The summed E-state index contributed by atoms with van der Waals surface area (Å²) in [5.74, 6) is 0.490. The predicted molar refractivity (Wildman–Crippen MR) is 76.9 cm³/mol. The largest absolute Gasteiger partial charge is 0.416 e. The lowest BCUT2D eigenvalue weighted by Crippen LogP contribution is -2.10. The van der Waals surface area contributed by atoms with Gasteiger partial charge in [-0.1, -0.05) is 44.6 Å². The fourth-order valence-corrected chi connectivity index (χ4v) is 3.27. The van der Waals surface area contributed by atoms with Gasteiger partial charge in [-0.2, -0.15) is 13.2 Å². The summed E-state index contributed by atoms with van der Waals surface area (Å²) in [5.41, 5.74) is 0.503. The molecule has 0 bridgehead atoms. The Labute approximate surface area is 124 Å². The van der Waals surface area contributed by atoms with Gasteiger partial charge in [-0.15, -0.1) is 0 Å². The summed E-state index contributed by atoms with van der Waals surface area (Å²) in [6.45, 7) is 1.64. The molecule has 4 heteroatoms. The van der Waals surface area contributed by atoms with E-state index in [2.05, 4.69) is 0 Å². The fourth-order valence-electron chi connectivity index (χ4n) is 3.27. The van der Waals surface area contributed by atoms with Crippen molar-refractivity contribution in [3.63, 3.8) is 0 Å². The Morgan fingerprint density at radius 3 is 2.29 bits per heavy atom. The molecule has 1 atom stereocenters. The molecule has 118 valence electrons. The molecule has 0 aliphatic heterocycles. The Kier molecular flexibility index (Phi) is 5.31. The third-order valence-corrected chi connectivity index (χ3v) is 4.49. The maximum atomic E-state index is 12.7. The van der Waals surface area contributed by atoms with Crippen molar-refractivity contribution in [1.29, 1.82) is 0 Å². The molecular weight excluding hydrogens is 277 g/mol. The molecule has 0 aromatic heterocycles. The highest BCUT2D eigenvalue weighted by molar-refractivity contribution is 5.34. The number of rotatable bonds is 3. The zero-order chi connectivity index (χ0) is 15.5. The number of aliphatic hydroxyl groups excluding tert-OH is 1. The van der Waals surface area contributed by atoms with Gasteiger partial charge in [0.05, 0.1) is 11.7 Å². The SMILES string of the molecule is Cc1cc(C(F)(F)F)ccc1C(O)CC1CCCCCC1. The van der Waals surface area contributed by atoms with Gasteiger partial charge < -0.3 is 5.11 Å². The minimum Gasteiger partial charge on any atom is -0.388 e. The molecule has 1 fully saturated rings. The summed E-state index contributed by atoms with van der Waals surface area (Å²) in [4.78, 5) is 0. The highest BCUT2D eigenvalue weighted by Crippen LogP contribution is 2.35. The first-order chi connectivity index (χ1) is 9.88. The molecule has 0 radical (unpaired) electrons. The molecule has 0 amide bonds. The van der Waals surface area contributed by atoms with Crippen LogP contribution in [0, 0.1) is 12.8 Å². The van der Waals surface area contributed by atoms with Crippen LogP contribution in [0.25, 0.3) is 0 Å². The van der Waals surface area contributed by atoms with Crippen LogP contribution >= 0.6 is 0 Å². The van der Waals surface area contributed by atoms with Gasteiger partial charge in [-0.05, 0) is 42.5 Å². The van der Waals surface area contributed by atoms with Crippen LogP contribution < -0.4 is 0 Å². The van der Waals surface area contributed by atoms with Gasteiger partial charge >= 0.3 is 6.18 Å². The van der Waals surface area contributed by atoms with Gasteiger partial charge in [0.1, 0.15) is 0 Å². The molecule has 1 aliphatic carbocycles. The highest BCUT2D eigenvalue weighted by atomic mass is 19.4. The molecule has 0 spiro atoms. The second-order valence-electron chi connectivity index (χ2n) is 6.18. The Hall–Kier alpha value is -1.03. The van der Waals surface area contributed by atoms with E-state index in [4.69, 9.17) is 0 Å². The first kappa shape index (κ1) is 16.3. The van der Waals surface area contributed by atoms with Crippen molar-refractivity contribution in [3.05, 3.63) is 34.9 Å². The lowest BCUT2D eigenvalue weighted by molar-refractivity contribution is -0.137. The second-order valence-corrected chi connectivity index (χ2v) is 6.18. The van der Waals surface area contributed by atoms with Gasteiger partial charge in [0.15, 0.2) is 0 Å². The Morgan fingerprint density at radius 1 is 1.14 bits per heavy atom. The van der Waals surface area contributed by atoms with E-state index in [1.807, 2.05) is 0 Å². The van der Waals surface area contributed by atoms with Crippen molar-refractivity contribution in [2.24, 2.45) is 5.92 Å². The van der Waals surface area contributed by atoms with E-state index in [1.54, 1.807) is 6.92 Å². The second kappa shape index (κ2) is 6.82. The maximum Gasteiger partial charge on any atom is 0.416 e. The Morgan fingerprint density at radius 2 is 1.76 bits per heavy atom. The van der Waals surface area contributed by atoms with Gasteiger partial charge in [0, 0.05) is 0 Å². The van der Waals surface area contributed by atoms with E-state index in [0.717, 1.165) is 25.0 Å². The molecule has 1 unspecified atom stereocenters.